The molecule has 0 saturated carbocycles. The summed E-state index contributed by atoms with van der Waals surface area (Å²) in [6.45, 7) is 1.02. The number of ketones is 2. The molecule has 17 heteroatoms. The van der Waals surface area contributed by atoms with Crippen molar-refractivity contribution in [3.63, 3.8) is 0 Å². The number of hydrogen-bond donors (Lipinski definition) is 2. The number of hydrogen-bond acceptors (Lipinski definition) is 11. The molecule has 3 N–H and O–H groups in total. The Labute approximate surface area is 272 Å². The number of carbonyl (C=O) groups is 3. The van der Waals surface area contributed by atoms with Gasteiger partial charge in [0.25, 0.3) is 0 Å². The van der Waals surface area contributed by atoms with Crippen LogP contribution >= 0.6 is 11.8 Å². The van der Waals surface area contributed by atoms with Crippen LogP contribution in [0.2, 0.25) is 0 Å². The van der Waals surface area contributed by atoms with Crippen molar-refractivity contribution < 1.29 is 99.4 Å². The van der Waals surface area contributed by atoms with Gasteiger partial charge in [-0.2, -0.15) is 0 Å². The van der Waals surface area contributed by atoms with Crippen LogP contribution in [0.1, 0.15) is 38.8 Å². The number of anilines is 4. The first-order valence-corrected chi connectivity index (χ1v) is 13.2. The molecule has 0 aliphatic heterocycles. The van der Waals surface area contributed by atoms with Crippen molar-refractivity contribution in [2.24, 2.45) is 0 Å². The number of nitrogens with one attached hydrogen (secondary N) is 1. The summed E-state index contributed by atoms with van der Waals surface area (Å²) < 4.78 is 71.7. The molecule has 1 amide bonds. The van der Waals surface area contributed by atoms with Crippen molar-refractivity contribution in [2.45, 2.75) is 16.7 Å². The standard InChI is InChI=1S/C22H16ClN3O9S2.2Na/c1-10(27)26(23)15-7-6-11(8-16(15)36(30,31)32)25-14-9-17(37(33,34)35)20(24)19-18(14)21(28)12-4-2-3-5-13(12)22(19)29;;/h2-9,25H,24H2,1H3,(H,30,31,32)(H,33,34,35);;/q;2*+1/p-2. The average Bonchev–Trinajstić information content (AvgIpc) is 2.81. The molecule has 0 unspecified atom stereocenters. The van der Waals surface area contributed by atoms with E-state index < -0.39 is 64.4 Å². The van der Waals surface area contributed by atoms with Crippen LogP contribution in [0, 0.1) is 0 Å². The third-order valence-electron chi connectivity index (χ3n) is 5.47. The van der Waals surface area contributed by atoms with Gasteiger partial charge in [0.15, 0.2) is 11.6 Å². The van der Waals surface area contributed by atoms with Crippen LogP contribution in [0.25, 0.3) is 0 Å². The molecule has 3 aromatic rings. The predicted molar refractivity (Wildman–Crippen MR) is 129 cm³/mol. The van der Waals surface area contributed by atoms with E-state index in [0.29, 0.717) is 4.42 Å². The second kappa shape index (κ2) is 12.0. The van der Waals surface area contributed by atoms with Gasteiger partial charge in [-0.05, 0) is 24.3 Å². The molecule has 1 aliphatic carbocycles. The van der Waals surface area contributed by atoms with E-state index in [1.807, 2.05) is 0 Å². The fraction of sp³-hybridized carbons (Fsp3) is 0.0455. The molecule has 39 heavy (non-hydrogen) atoms. The Hall–Kier alpha value is -1.82. The SMILES string of the molecule is CC(=O)N(Cl)c1ccc(Nc2cc(S(=O)(=O)[O-])c(N)c3c2C(=O)c2ccccc2C3=O)cc1S(=O)(=O)[O-].[Na+].[Na+]. The first kappa shape index (κ1) is 33.4. The summed E-state index contributed by atoms with van der Waals surface area (Å²) in [5, 5.41) is 2.58. The summed E-state index contributed by atoms with van der Waals surface area (Å²) in [6.07, 6.45) is 0. The molecule has 0 heterocycles. The number of nitrogens with two attached hydrogens (primary N) is 1. The average molecular weight is 610 g/mol. The number of carbonyl (C=O) groups excluding carboxylic acids is 3. The number of rotatable bonds is 5. The first-order chi connectivity index (χ1) is 17.1. The number of nitrogens with zero attached hydrogens (tertiary/aromatic N) is 1. The van der Waals surface area contributed by atoms with Crippen molar-refractivity contribution in [1.82, 2.24) is 0 Å². The fourth-order valence-electron chi connectivity index (χ4n) is 3.88. The number of fused-ring (bicyclic) bond motifs is 2. The second-order valence-electron chi connectivity index (χ2n) is 7.81. The second-order valence-corrected chi connectivity index (χ2v) is 10.8. The molecule has 0 atom stereocenters. The molecule has 0 radical (unpaired) electrons. The van der Waals surface area contributed by atoms with Gasteiger partial charge in [-0.1, -0.05) is 24.3 Å². The quantitative estimate of drug-likeness (QED) is 0.0968. The molecular weight excluding hydrogens is 596 g/mol. The van der Waals surface area contributed by atoms with E-state index >= 15 is 0 Å². The van der Waals surface area contributed by atoms with Crippen LogP contribution in [0.5, 0.6) is 0 Å². The van der Waals surface area contributed by atoms with E-state index in [-0.39, 0.29) is 87.2 Å². The summed E-state index contributed by atoms with van der Waals surface area (Å²) in [6, 6.07) is 9.37. The van der Waals surface area contributed by atoms with Gasteiger partial charge in [-0.3, -0.25) is 14.4 Å². The zero-order chi connectivity index (χ0) is 27.4. The normalized spacial score (nSPS) is 12.4. The van der Waals surface area contributed by atoms with Crippen molar-refractivity contribution in [3.8, 4) is 0 Å². The Morgan fingerprint density at radius 1 is 0.872 bits per heavy atom. The molecule has 0 fully saturated rings. The van der Waals surface area contributed by atoms with Gasteiger partial charge < -0.3 is 20.2 Å². The summed E-state index contributed by atoms with van der Waals surface area (Å²) in [4.78, 5) is 36.2. The van der Waals surface area contributed by atoms with Gasteiger partial charge in [0, 0.05) is 35.5 Å². The predicted octanol–water partition coefficient (Wildman–Crippen LogP) is -3.89. The Kier molecular flexibility index (Phi) is 10.2. The van der Waals surface area contributed by atoms with E-state index in [2.05, 4.69) is 5.32 Å². The number of halogens is 1. The van der Waals surface area contributed by atoms with Crippen molar-refractivity contribution >= 4 is 72.2 Å². The van der Waals surface area contributed by atoms with Gasteiger partial charge in [0.1, 0.15) is 20.2 Å². The van der Waals surface area contributed by atoms with Gasteiger partial charge in [0.2, 0.25) is 5.91 Å². The van der Waals surface area contributed by atoms with Crippen molar-refractivity contribution in [1.29, 1.82) is 0 Å². The van der Waals surface area contributed by atoms with Gasteiger partial charge in [-0.25, -0.2) is 21.3 Å². The minimum atomic E-state index is -5.24. The monoisotopic (exact) mass is 609 g/mol. The van der Waals surface area contributed by atoms with E-state index in [0.717, 1.165) is 25.1 Å². The minimum Gasteiger partial charge on any atom is -0.744 e. The largest absolute Gasteiger partial charge is 1.00 e. The van der Waals surface area contributed by atoms with E-state index in [4.69, 9.17) is 17.5 Å². The van der Waals surface area contributed by atoms with E-state index in [1.165, 1.54) is 30.3 Å². The zero-order valence-electron chi connectivity index (χ0n) is 20.5. The number of benzene rings is 3. The number of amides is 1. The molecule has 0 aromatic heterocycles. The maximum Gasteiger partial charge on any atom is 1.00 e. The van der Waals surface area contributed by atoms with Crippen LogP contribution < -0.4 is 74.6 Å². The minimum absolute atomic E-state index is 0. The van der Waals surface area contributed by atoms with Gasteiger partial charge in [0.05, 0.1) is 38.0 Å². The van der Waals surface area contributed by atoms with Crippen LogP contribution in [0.3, 0.4) is 0 Å². The molecule has 0 bridgehead atoms. The maximum absolute atomic E-state index is 13.3. The Balaban J connectivity index is 0.00000267. The summed E-state index contributed by atoms with van der Waals surface area (Å²) in [7, 11) is -10.4. The third-order valence-corrected chi connectivity index (χ3v) is 7.63. The zero-order valence-corrected chi connectivity index (χ0v) is 26.9. The molecule has 3 aromatic carbocycles. The molecule has 0 spiro atoms. The number of nitrogen functional groups attached to an aromatic ring is 1. The molecule has 192 valence electrons. The Morgan fingerprint density at radius 3 is 1.87 bits per heavy atom. The maximum atomic E-state index is 13.3. The molecule has 12 nitrogen and oxygen atoms in total. The van der Waals surface area contributed by atoms with Crippen LogP contribution in [0.15, 0.2) is 58.3 Å². The van der Waals surface area contributed by atoms with Crippen LogP contribution in [0.4, 0.5) is 22.7 Å². The van der Waals surface area contributed by atoms with Crippen molar-refractivity contribution in [3.05, 3.63) is 70.8 Å². The van der Waals surface area contributed by atoms with Crippen LogP contribution in [-0.2, 0) is 25.0 Å². The van der Waals surface area contributed by atoms with E-state index in [9.17, 15) is 40.3 Å². The Bertz CT molecular complexity index is 1760. The third kappa shape index (κ3) is 6.26. The van der Waals surface area contributed by atoms with Gasteiger partial charge >= 0.3 is 59.1 Å². The van der Waals surface area contributed by atoms with E-state index in [1.54, 1.807) is 0 Å². The smallest absolute Gasteiger partial charge is 0.744 e. The Morgan fingerprint density at radius 2 is 1.38 bits per heavy atom. The summed E-state index contributed by atoms with van der Waals surface area (Å²) >= 11 is 5.79. The van der Waals surface area contributed by atoms with Crippen LogP contribution in [-0.4, -0.2) is 43.4 Å². The van der Waals surface area contributed by atoms with Crippen molar-refractivity contribution in [2.75, 3.05) is 15.5 Å². The molecule has 4 rings (SSSR count). The molecular formula is C22H14ClN3Na2O9S2. The molecule has 1 aliphatic rings. The van der Waals surface area contributed by atoms with Gasteiger partial charge in [-0.15, -0.1) is 0 Å². The first-order valence-electron chi connectivity index (χ1n) is 10.1. The topological polar surface area (TPSA) is 207 Å². The summed E-state index contributed by atoms with van der Waals surface area (Å²) in [5.74, 6) is -2.34. The fourth-order valence-corrected chi connectivity index (χ4v) is 5.40. The summed E-state index contributed by atoms with van der Waals surface area (Å²) in [5.41, 5.74) is 3.16. The molecule has 0 saturated heterocycles.